The minimum absolute atomic E-state index is 0.882. The van der Waals surface area contributed by atoms with Crippen LogP contribution in [0.15, 0.2) is 42.7 Å². The van der Waals surface area contributed by atoms with E-state index in [0.29, 0.717) is 0 Å². The predicted molar refractivity (Wildman–Crippen MR) is 85.4 cm³/mol. The lowest BCUT2D eigenvalue weighted by atomic mass is 10.1. The van der Waals surface area contributed by atoms with Gasteiger partial charge in [0.2, 0.25) is 0 Å². The number of benzene rings is 1. The lowest BCUT2D eigenvalue weighted by molar-refractivity contribution is 1.01. The van der Waals surface area contributed by atoms with Gasteiger partial charge in [-0.05, 0) is 24.5 Å². The van der Waals surface area contributed by atoms with E-state index in [4.69, 9.17) is 0 Å². The second kappa shape index (κ2) is 6.01. The van der Waals surface area contributed by atoms with Crippen LogP contribution in [0.2, 0.25) is 0 Å². The van der Waals surface area contributed by atoms with Crippen molar-refractivity contribution in [2.75, 3.05) is 11.9 Å². The van der Waals surface area contributed by atoms with Gasteiger partial charge in [-0.15, -0.1) is 11.3 Å². The molecule has 0 aliphatic heterocycles. The molecule has 4 heteroatoms. The van der Waals surface area contributed by atoms with Crippen LogP contribution in [-0.4, -0.2) is 16.5 Å². The van der Waals surface area contributed by atoms with Crippen LogP contribution >= 0.6 is 11.3 Å². The molecule has 3 aromatic rings. The second-order valence-electron chi connectivity index (χ2n) is 4.67. The minimum Gasteiger partial charge on any atom is -0.369 e. The van der Waals surface area contributed by atoms with Gasteiger partial charge in [-0.2, -0.15) is 0 Å². The van der Waals surface area contributed by atoms with Gasteiger partial charge < -0.3 is 5.32 Å². The Morgan fingerprint density at radius 2 is 2.00 bits per heavy atom. The Hall–Kier alpha value is -1.94. The molecule has 0 saturated heterocycles. The molecule has 0 unspecified atom stereocenters. The Bertz CT molecular complexity index is 691. The molecule has 0 aliphatic rings. The fourth-order valence-corrected chi connectivity index (χ4v) is 3.13. The van der Waals surface area contributed by atoms with Gasteiger partial charge in [0, 0.05) is 11.4 Å². The van der Waals surface area contributed by atoms with E-state index in [1.807, 2.05) is 6.07 Å². The first-order valence-corrected chi connectivity index (χ1v) is 7.69. The molecule has 0 fully saturated rings. The number of aryl methyl sites for hydroxylation is 1. The largest absolute Gasteiger partial charge is 0.369 e. The van der Waals surface area contributed by atoms with Gasteiger partial charge in [-0.3, -0.25) is 0 Å². The van der Waals surface area contributed by atoms with Crippen LogP contribution in [0.4, 0.5) is 5.82 Å². The standard InChI is InChI=1S/C16H17N3S/c1-2-13-10-14-15(18-11-19-16(14)20-13)17-9-8-12-6-4-3-5-7-12/h3-7,10-11H,2,8-9H2,1H3,(H,17,18,19). The lowest BCUT2D eigenvalue weighted by Crippen LogP contribution is -2.06. The van der Waals surface area contributed by atoms with Gasteiger partial charge >= 0.3 is 0 Å². The highest BCUT2D eigenvalue weighted by Crippen LogP contribution is 2.28. The molecule has 0 saturated carbocycles. The van der Waals surface area contributed by atoms with Crippen LogP contribution in [0.3, 0.4) is 0 Å². The summed E-state index contributed by atoms with van der Waals surface area (Å²) < 4.78 is 0. The van der Waals surface area contributed by atoms with Gasteiger partial charge in [0.25, 0.3) is 0 Å². The molecule has 3 rings (SSSR count). The summed E-state index contributed by atoms with van der Waals surface area (Å²) in [5.41, 5.74) is 1.34. The predicted octanol–water partition coefficient (Wildman–Crippen LogP) is 3.91. The zero-order valence-electron chi connectivity index (χ0n) is 11.5. The summed E-state index contributed by atoms with van der Waals surface area (Å²) in [6.45, 7) is 3.05. The number of thiophene rings is 1. The summed E-state index contributed by atoms with van der Waals surface area (Å²) in [5.74, 6) is 0.946. The first kappa shape index (κ1) is 13.1. The van der Waals surface area contributed by atoms with E-state index in [9.17, 15) is 0 Å². The summed E-state index contributed by atoms with van der Waals surface area (Å²) in [4.78, 5) is 11.1. The molecule has 3 nitrogen and oxygen atoms in total. The van der Waals surface area contributed by atoms with Crippen LogP contribution < -0.4 is 5.32 Å². The van der Waals surface area contributed by atoms with Crippen molar-refractivity contribution in [1.82, 2.24) is 9.97 Å². The number of fused-ring (bicyclic) bond motifs is 1. The van der Waals surface area contributed by atoms with Crippen molar-refractivity contribution in [1.29, 1.82) is 0 Å². The maximum atomic E-state index is 4.37. The lowest BCUT2D eigenvalue weighted by Gasteiger charge is -2.06. The van der Waals surface area contributed by atoms with Crippen molar-refractivity contribution in [3.05, 3.63) is 53.2 Å². The molecule has 102 valence electrons. The van der Waals surface area contributed by atoms with E-state index in [1.165, 1.54) is 10.4 Å². The summed E-state index contributed by atoms with van der Waals surface area (Å²) in [5, 5.41) is 4.57. The normalized spacial score (nSPS) is 10.8. The van der Waals surface area contributed by atoms with Crippen LogP contribution in [-0.2, 0) is 12.8 Å². The fraction of sp³-hybridized carbons (Fsp3) is 0.250. The second-order valence-corrected chi connectivity index (χ2v) is 5.78. The SMILES string of the molecule is CCc1cc2c(NCCc3ccccc3)ncnc2s1. The number of aromatic nitrogens is 2. The van der Waals surface area contributed by atoms with E-state index in [-0.39, 0.29) is 0 Å². The molecule has 0 radical (unpaired) electrons. The van der Waals surface area contributed by atoms with E-state index >= 15 is 0 Å². The Morgan fingerprint density at radius 3 is 2.80 bits per heavy atom. The highest BCUT2D eigenvalue weighted by atomic mass is 32.1. The molecule has 20 heavy (non-hydrogen) atoms. The number of nitrogens with zero attached hydrogens (tertiary/aromatic N) is 2. The first-order valence-electron chi connectivity index (χ1n) is 6.88. The Morgan fingerprint density at radius 1 is 1.15 bits per heavy atom. The Balaban J connectivity index is 1.72. The van der Waals surface area contributed by atoms with Gasteiger partial charge in [0.05, 0.1) is 5.39 Å². The molecule has 0 aliphatic carbocycles. The summed E-state index contributed by atoms with van der Waals surface area (Å²) in [7, 11) is 0. The number of anilines is 1. The molecular formula is C16H17N3S. The van der Waals surface area contributed by atoms with E-state index in [1.54, 1.807) is 17.7 Å². The zero-order chi connectivity index (χ0) is 13.8. The molecule has 1 N–H and O–H groups in total. The van der Waals surface area contributed by atoms with Gasteiger partial charge in [-0.25, -0.2) is 9.97 Å². The van der Waals surface area contributed by atoms with E-state index in [2.05, 4.69) is 52.5 Å². The summed E-state index contributed by atoms with van der Waals surface area (Å²) in [6, 6.07) is 12.7. The molecule has 1 aromatic carbocycles. The topological polar surface area (TPSA) is 37.8 Å². The maximum Gasteiger partial charge on any atom is 0.138 e. The Labute approximate surface area is 122 Å². The van der Waals surface area contributed by atoms with Crippen LogP contribution in [0.5, 0.6) is 0 Å². The molecule has 0 amide bonds. The minimum atomic E-state index is 0.882. The van der Waals surface area contributed by atoms with Gasteiger partial charge in [0.15, 0.2) is 0 Å². The number of hydrogen-bond acceptors (Lipinski definition) is 4. The number of nitrogens with one attached hydrogen (secondary N) is 1. The number of rotatable bonds is 5. The van der Waals surface area contributed by atoms with Crippen LogP contribution in [0, 0.1) is 0 Å². The van der Waals surface area contributed by atoms with Crippen molar-refractivity contribution in [2.45, 2.75) is 19.8 Å². The third-order valence-corrected chi connectivity index (χ3v) is 4.47. The van der Waals surface area contributed by atoms with Crippen molar-refractivity contribution in [3.8, 4) is 0 Å². The monoisotopic (exact) mass is 283 g/mol. The van der Waals surface area contributed by atoms with Crippen molar-refractivity contribution in [2.24, 2.45) is 0 Å². The van der Waals surface area contributed by atoms with Gasteiger partial charge in [-0.1, -0.05) is 37.3 Å². The molecular weight excluding hydrogens is 266 g/mol. The first-order chi connectivity index (χ1) is 9.86. The van der Waals surface area contributed by atoms with Crippen LogP contribution in [0.1, 0.15) is 17.4 Å². The zero-order valence-corrected chi connectivity index (χ0v) is 12.3. The molecule has 0 spiro atoms. The van der Waals surface area contributed by atoms with Crippen LogP contribution in [0.25, 0.3) is 10.2 Å². The molecule has 2 heterocycles. The fourth-order valence-electron chi connectivity index (χ4n) is 2.19. The highest BCUT2D eigenvalue weighted by Gasteiger charge is 2.07. The smallest absolute Gasteiger partial charge is 0.138 e. The van der Waals surface area contributed by atoms with Crippen molar-refractivity contribution >= 4 is 27.4 Å². The third-order valence-electron chi connectivity index (χ3n) is 3.28. The summed E-state index contributed by atoms with van der Waals surface area (Å²) in [6.07, 6.45) is 3.69. The average Bonchev–Trinajstić information content (AvgIpc) is 2.92. The van der Waals surface area contributed by atoms with Gasteiger partial charge in [0.1, 0.15) is 17.0 Å². The van der Waals surface area contributed by atoms with E-state index < -0.39 is 0 Å². The molecule has 0 bridgehead atoms. The van der Waals surface area contributed by atoms with E-state index in [0.717, 1.165) is 35.4 Å². The molecule has 0 atom stereocenters. The maximum absolute atomic E-state index is 4.37. The average molecular weight is 283 g/mol. The number of hydrogen-bond donors (Lipinski definition) is 1. The van der Waals surface area contributed by atoms with Crippen molar-refractivity contribution < 1.29 is 0 Å². The highest BCUT2D eigenvalue weighted by molar-refractivity contribution is 7.18. The Kier molecular flexibility index (Phi) is 3.92. The third kappa shape index (κ3) is 2.80. The van der Waals surface area contributed by atoms with Crippen molar-refractivity contribution in [3.63, 3.8) is 0 Å². The summed E-state index contributed by atoms with van der Waals surface area (Å²) >= 11 is 1.75. The molecule has 2 aromatic heterocycles. The quantitative estimate of drug-likeness (QED) is 0.771.